The van der Waals surface area contributed by atoms with E-state index in [0.29, 0.717) is 17.1 Å². The third kappa shape index (κ3) is 3.80. The van der Waals surface area contributed by atoms with Crippen LogP contribution < -0.4 is 15.5 Å². The molecular weight excluding hydrogens is 379 g/mol. The Balaban J connectivity index is 1.36. The van der Waals surface area contributed by atoms with E-state index in [4.69, 9.17) is 0 Å². The molecule has 4 fully saturated rings. The highest BCUT2D eigenvalue weighted by Crippen LogP contribution is 2.46. The van der Waals surface area contributed by atoms with Gasteiger partial charge in [-0.3, -0.25) is 0 Å². The lowest BCUT2D eigenvalue weighted by atomic mass is 9.62. The van der Waals surface area contributed by atoms with Crippen LogP contribution in [0.15, 0.2) is 6.07 Å². The first-order valence-corrected chi connectivity index (χ1v) is 11.0. The molecule has 2 aliphatic carbocycles. The van der Waals surface area contributed by atoms with Crippen LogP contribution in [0.1, 0.15) is 63.6 Å². The molecule has 29 heavy (non-hydrogen) atoms. The molecule has 160 valence electrons. The minimum Gasteiger partial charge on any atom is -0.367 e. The van der Waals surface area contributed by atoms with E-state index < -0.39 is 12.0 Å². The van der Waals surface area contributed by atoms with E-state index in [-0.39, 0.29) is 11.5 Å². The van der Waals surface area contributed by atoms with E-state index >= 15 is 0 Å². The maximum atomic E-state index is 13.5. The Morgan fingerprint density at radius 3 is 2.38 bits per heavy atom. The van der Waals surface area contributed by atoms with Gasteiger partial charge in [0, 0.05) is 38.3 Å². The number of hydrogen-bond acceptors (Lipinski definition) is 5. The van der Waals surface area contributed by atoms with Gasteiger partial charge < -0.3 is 15.5 Å². The first-order valence-electron chi connectivity index (χ1n) is 11.0. The maximum Gasteiger partial charge on any atom is 0.451 e. The summed E-state index contributed by atoms with van der Waals surface area (Å²) in [6.07, 6.45) is 5.77. The van der Waals surface area contributed by atoms with Gasteiger partial charge in [-0.25, -0.2) is 9.97 Å². The lowest BCUT2D eigenvalue weighted by Crippen LogP contribution is -2.63. The monoisotopic (exact) mass is 409 g/mol. The Kier molecular flexibility index (Phi) is 4.68. The van der Waals surface area contributed by atoms with Gasteiger partial charge in [0.05, 0.1) is 0 Å². The Morgan fingerprint density at radius 2 is 1.72 bits per heavy atom. The molecule has 2 saturated carbocycles. The van der Waals surface area contributed by atoms with Gasteiger partial charge >= 0.3 is 6.18 Å². The second-order valence-electron chi connectivity index (χ2n) is 9.87. The number of piperidine rings is 1. The highest BCUT2D eigenvalue weighted by molar-refractivity contribution is 5.51. The standard InChI is InChI=1S/C21H30F3N5/c22-21(23,24)18-27-16(26-15-10-20(11-15)12-25-13-20)9-17(28-18)29-8-4-7-19(14-29)5-2-1-3-6-19/h9,15,25H,1-8,10-14H2,(H,26,27,28). The largest absolute Gasteiger partial charge is 0.451 e. The molecule has 4 aliphatic rings. The van der Waals surface area contributed by atoms with Gasteiger partial charge in [-0.1, -0.05) is 19.3 Å². The lowest BCUT2D eigenvalue weighted by molar-refractivity contribution is -0.144. The number of rotatable bonds is 3. The molecule has 2 saturated heterocycles. The highest BCUT2D eigenvalue weighted by Gasteiger charge is 2.48. The molecular formula is C21H30F3N5. The number of nitrogens with zero attached hydrogens (tertiary/aromatic N) is 3. The molecule has 2 spiro atoms. The van der Waals surface area contributed by atoms with Gasteiger partial charge in [0.2, 0.25) is 5.82 Å². The Labute approximate surface area is 169 Å². The first kappa shape index (κ1) is 19.4. The Morgan fingerprint density at radius 1 is 1.00 bits per heavy atom. The number of alkyl halides is 3. The molecule has 5 nitrogen and oxygen atoms in total. The van der Waals surface area contributed by atoms with Gasteiger partial charge in [0.15, 0.2) is 0 Å². The molecule has 8 heteroatoms. The molecule has 2 N–H and O–H groups in total. The van der Waals surface area contributed by atoms with Crippen LogP contribution in [0.4, 0.5) is 24.8 Å². The minimum absolute atomic E-state index is 0.201. The highest BCUT2D eigenvalue weighted by atomic mass is 19.4. The molecule has 0 aromatic carbocycles. The van der Waals surface area contributed by atoms with E-state index in [1.807, 2.05) is 0 Å². The van der Waals surface area contributed by atoms with Crippen molar-refractivity contribution in [1.29, 1.82) is 0 Å². The Bertz CT molecular complexity index is 742. The second kappa shape index (κ2) is 7.00. The van der Waals surface area contributed by atoms with Crippen LogP contribution in [0, 0.1) is 10.8 Å². The molecule has 2 aliphatic heterocycles. The smallest absolute Gasteiger partial charge is 0.367 e. The van der Waals surface area contributed by atoms with Crippen molar-refractivity contribution in [3.05, 3.63) is 11.9 Å². The fraction of sp³-hybridized carbons (Fsp3) is 0.810. The molecule has 3 heterocycles. The van der Waals surface area contributed by atoms with Crippen LogP contribution in [-0.4, -0.2) is 42.2 Å². The zero-order valence-corrected chi connectivity index (χ0v) is 16.8. The summed E-state index contributed by atoms with van der Waals surface area (Å²) in [5.41, 5.74) is 0.617. The summed E-state index contributed by atoms with van der Waals surface area (Å²) in [6, 6.07) is 1.94. The van der Waals surface area contributed by atoms with Gasteiger partial charge in [-0.2, -0.15) is 13.2 Å². The third-order valence-electron chi connectivity index (χ3n) is 7.58. The summed E-state index contributed by atoms with van der Waals surface area (Å²) in [7, 11) is 0. The second-order valence-corrected chi connectivity index (χ2v) is 9.87. The summed E-state index contributed by atoms with van der Waals surface area (Å²) < 4.78 is 40.5. The van der Waals surface area contributed by atoms with Crippen LogP contribution in [0.5, 0.6) is 0 Å². The number of anilines is 2. The van der Waals surface area contributed by atoms with Crippen LogP contribution in [0.3, 0.4) is 0 Å². The van der Waals surface area contributed by atoms with Crippen molar-refractivity contribution < 1.29 is 13.2 Å². The molecule has 1 aromatic heterocycles. The van der Waals surface area contributed by atoms with Crippen molar-refractivity contribution in [2.75, 3.05) is 36.4 Å². The van der Waals surface area contributed by atoms with E-state index in [9.17, 15) is 13.2 Å². The fourth-order valence-electron chi connectivity index (χ4n) is 5.97. The lowest BCUT2D eigenvalue weighted by Gasteiger charge is -2.54. The summed E-state index contributed by atoms with van der Waals surface area (Å²) in [5, 5.41) is 6.55. The zero-order valence-electron chi connectivity index (χ0n) is 16.8. The molecule has 0 atom stereocenters. The van der Waals surface area contributed by atoms with E-state index in [0.717, 1.165) is 45.4 Å². The van der Waals surface area contributed by atoms with Gasteiger partial charge in [-0.05, 0) is 49.4 Å². The van der Waals surface area contributed by atoms with Crippen molar-refractivity contribution in [3.8, 4) is 0 Å². The molecule has 0 amide bonds. The van der Waals surface area contributed by atoms with Crippen LogP contribution in [0.25, 0.3) is 0 Å². The molecule has 0 bridgehead atoms. The number of nitrogens with one attached hydrogen (secondary N) is 2. The summed E-state index contributed by atoms with van der Waals surface area (Å²) in [6.45, 7) is 3.63. The van der Waals surface area contributed by atoms with E-state index in [2.05, 4.69) is 25.5 Å². The average molecular weight is 410 g/mol. The topological polar surface area (TPSA) is 53.1 Å². The number of hydrogen-bond donors (Lipinski definition) is 2. The zero-order chi connectivity index (χ0) is 20.1. The van der Waals surface area contributed by atoms with E-state index in [1.54, 1.807) is 6.07 Å². The van der Waals surface area contributed by atoms with E-state index in [1.165, 1.54) is 38.5 Å². The van der Waals surface area contributed by atoms with Gasteiger partial charge in [0.1, 0.15) is 11.6 Å². The molecule has 5 rings (SSSR count). The quantitative estimate of drug-likeness (QED) is 0.783. The van der Waals surface area contributed by atoms with Crippen molar-refractivity contribution in [2.45, 2.75) is 70.0 Å². The van der Waals surface area contributed by atoms with Crippen molar-refractivity contribution in [2.24, 2.45) is 10.8 Å². The fourth-order valence-corrected chi connectivity index (χ4v) is 5.97. The molecule has 1 aromatic rings. The number of aromatic nitrogens is 2. The van der Waals surface area contributed by atoms with Crippen LogP contribution >= 0.6 is 0 Å². The average Bonchev–Trinajstić information content (AvgIpc) is 2.62. The maximum absolute atomic E-state index is 13.5. The normalized spacial score (nSPS) is 26.2. The summed E-state index contributed by atoms with van der Waals surface area (Å²) in [5.74, 6) is -0.281. The van der Waals surface area contributed by atoms with Crippen LogP contribution in [-0.2, 0) is 6.18 Å². The molecule has 0 radical (unpaired) electrons. The van der Waals surface area contributed by atoms with Crippen molar-refractivity contribution >= 4 is 11.6 Å². The number of halogens is 3. The van der Waals surface area contributed by atoms with Gasteiger partial charge in [0.25, 0.3) is 0 Å². The van der Waals surface area contributed by atoms with Crippen molar-refractivity contribution in [1.82, 2.24) is 15.3 Å². The minimum atomic E-state index is -4.54. The molecule has 0 unspecified atom stereocenters. The SMILES string of the molecule is FC(F)(F)c1nc(NC2CC3(CNC3)C2)cc(N2CCCC3(CCCCC3)C2)n1. The Hall–Kier alpha value is -1.57. The van der Waals surface area contributed by atoms with Crippen molar-refractivity contribution in [3.63, 3.8) is 0 Å². The van der Waals surface area contributed by atoms with Crippen LogP contribution in [0.2, 0.25) is 0 Å². The summed E-state index contributed by atoms with van der Waals surface area (Å²) in [4.78, 5) is 9.86. The summed E-state index contributed by atoms with van der Waals surface area (Å²) >= 11 is 0. The first-order chi connectivity index (χ1) is 13.8. The van der Waals surface area contributed by atoms with Gasteiger partial charge in [-0.15, -0.1) is 0 Å². The predicted octanol–water partition coefficient (Wildman–Crippen LogP) is 4.21. The predicted molar refractivity (Wildman–Crippen MR) is 106 cm³/mol. The third-order valence-corrected chi connectivity index (χ3v) is 7.58.